The Hall–Kier alpha value is -3.19. The number of hydrogen-bond acceptors (Lipinski definition) is 5. The molecule has 1 amide bonds. The molecule has 0 N–H and O–H groups in total. The van der Waals surface area contributed by atoms with E-state index in [0.29, 0.717) is 24.7 Å². The van der Waals surface area contributed by atoms with Gasteiger partial charge in [-0.1, -0.05) is 13.0 Å². The third-order valence-electron chi connectivity index (χ3n) is 6.27. The molecular formula is C23H22F4N4O2. The first-order valence-corrected chi connectivity index (χ1v) is 10.6. The predicted octanol–water partition coefficient (Wildman–Crippen LogP) is 3.68. The van der Waals surface area contributed by atoms with Crippen molar-refractivity contribution in [2.75, 3.05) is 24.6 Å². The highest BCUT2D eigenvalue weighted by molar-refractivity contribution is 5.78. The number of piperazine rings is 1. The van der Waals surface area contributed by atoms with E-state index in [4.69, 9.17) is 10.00 Å². The third-order valence-corrected chi connectivity index (χ3v) is 6.27. The summed E-state index contributed by atoms with van der Waals surface area (Å²) in [5.74, 6) is -1.84. The maximum atomic E-state index is 13.5. The van der Waals surface area contributed by atoms with Crippen LogP contribution in [0.4, 0.5) is 23.4 Å². The molecule has 2 saturated heterocycles. The van der Waals surface area contributed by atoms with Gasteiger partial charge in [-0.2, -0.15) is 5.26 Å². The molecule has 2 fully saturated rings. The minimum Gasteiger partial charge on any atom is -0.358 e. The van der Waals surface area contributed by atoms with E-state index in [9.17, 15) is 22.4 Å². The van der Waals surface area contributed by atoms with Crippen LogP contribution >= 0.6 is 0 Å². The number of ether oxygens (including phenoxy) is 1. The molecule has 3 unspecified atom stereocenters. The number of amides is 1. The first-order valence-electron chi connectivity index (χ1n) is 10.6. The van der Waals surface area contributed by atoms with Crippen molar-refractivity contribution in [3.8, 4) is 6.07 Å². The van der Waals surface area contributed by atoms with E-state index >= 15 is 0 Å². The zero-order valence-electron chi connectivity index (χ0n) is 17.8. The molecule has 2 aliphatic rings. The molecule has 0 spiro atoms. The lowest BCUT2D eigenvalue weighted by Gasteiger charge is -2.42. The Morgan fingerprint density at radius 3 is 2.64 bits per heavy atom. The Morgan fingerprint density at radius 2 is 2.03 bits per heavy atom. The summed E-state index contributed by atoms with van der Waals surface area (Å²) in [6.45, 7) is 2.25. The lowest BCUT2D eigenvalue weighted by molar-refractivity contribution is -0.143. The van der Waals surface area contributed by atoms with Crippen molar-refractivity contribution in [3.05, 3.63) is 59.3 Å². The number of likely N-dealkylation sites (tertiary alicyclic amines) is 1. The Bertz CT molecular complexity index is 1060. The van der Waals surface area contributed by atoms with Crippen molar-refractivity contribution in [3.63, 3.8) is 0 Å². The molecular weight excluding hydrogens is 440 g/mol. The van der Waals surface area contributed by atoms with Crippen molar-refractivity contribution < 1.29 is 27.1 Å². The number of anilines is 1. The maximum Gasteiger partial charge on any atom is 0.268 e. The lowest BCUT2D eigenvalue weighted by atomic mass is 10.0. The summed E-state index contributed by atoms with van der Waals surface area (Å²) in [6.07, 6.45) is -2.51. The van der Waals surface area contributed by atoms with Gasteiger partial charge < -0.3 is 14.5 Å². The lowest BCUT2D eigenvalue weighted by Crippen LogP contribution is -2.57. The number of aromatic nitrogens is 1. The SMILES string of the molecule is C[C@H]1CC2CN(C(=O)COC(c3ccc(F)c(F)c3)C(F)F)CC1N2c1ccc(C#N)cn1. The topological polar surface area (TPSA) is 69.5 Å². The molecule has 1 aromatic carbocycles. The van der Waals surface area contributed by atoms with E-state index in [0.717, 1.165) is 24.4 Å². The number of fused-ring (bicyclic) bond motifs is 2. The van der Waals surface area contributed by atoms with Gasteiger partial charge in [0.1, 0.15) is 24.6 Å². The van der Waals surface area contributed by atoms with Gasteiger partial charge >= 0.3 is 0 Å². The van der Waals surface area contributed by atoms with Gasteiger partial charge in [0.15, 0.2) is 11.6 Å². The Morgan fingerprint density at radius 1 is 1.24 bits per heavy atom. The van der Waals surface area contributed by atoms with Crippen LogP contribution in [-0.2, 0) is 9.53 Å². The van der Waals surface area contributed by atoms with E-state index < -0.39 is 36.7 Å². The number of alkyl halides is 2. The number of carbonyl (C=O) groups excluding carboxylic acids is 1. The molecule has 33 heavy (non-hydrogen) atoms. The largest absolute Gasteiger partial charge is 0.358 e. The summed E-state index contributed by atoms with van der Waals surface area (Å²) in [4.78, 5) is 20.9. The third kappa shape index (κ3) is 4.64. The second-order valence-corrected chi connectivity index (χ2v) is 8.40. The minimum absolute atomic E-state index is 0.000209. The van der Waals surface area contributed by atoms with Gasteiger partial charge in [-0.05, 0) is 42.2 Å². The van der Waals surface area contributed by atoms with Gasteiger partial charge in [0.2, 0.25) is 5.91 Å². The van der Waals surface area contributed by atoms with E-state index in [1.807, 2.05) is 6.07 Å². The van der Waals surface area contributed by atoms with Gasteiger partial charge in [0.25, 0.3) is 6.43 Å². The number of nitriles is 1. The number of hydrogen-bond donors (Lipinski definition) is 0. The van der Waals surface area contributed by atoms with Crippen molar-refractivity contribution >= 4 is 11.7 Å². The molecule has 4 atom stereocenters. The van der Waals surface area contributed by atoms with Crippen LogP contribution in [0.25, 0.3) is 0 Å². The molecule has 0 radical (unpaired) electrons. The second kappa shape index (κ2) is 9.35. The minimum atomic E-state index is -3.02. The average molecular weight is 462 g/mol. The van der Waals surface area contributed by atoms with Crippen LogP contribution in [0.3, 0.4) is 0 Å². The molecule has 10 heteroatoms. The molecule has 1 aromatic heterocycles. The van der Waals surface area contributed by atoms with Gasteiger partial charge in [-0.25, -0.2) is 22.5 Å². The summed E-state index contributed by atoms with van der Waals surface area (Å²) in [5, 5.41) is 8.97. The highest BCUT2D eigenvalue weighted by atomic mass is 19.3. The van der Waals surface area contributed by atoms with Crippen LogP contribution in [0.1, 0.15) is 30.6 Å². The van der Waals surface area contributed by atoms with Crippen molar-refractivity contribution in [2.24, 2.45) is 5.92 Å². The first-order chi connectivity index (χ1) is 15.8. The average Bonchev–Trinajstić information content (AvgIpc) is 2.99. The van der Waals surface area contributed by atoms with Crippen molar-refractivity contribution in [1.29, 1.82) is 5.26 Å². The Kier molecular flexibility index (Phi) is 6.51. The van der Waals surface area contributed by atoms with E-state index in [-0.39, 0.29) is 23.6 Å². The Labute approximate surface area is 188 Å². The number of pyridine rings is 1. The van der Waals surface area contributed by atoms with E-state index in [1.165, 1.54) is 6.20 Å². The van der Waals surface area contributed by atoms with Crippen molar-refractivity contribution in [1.82, 2.24) is 9.88 Å². The van der Waals surface area contributed by atoms with Gasteiger partial charge in [-0.15, -0.1) is 0 Å². The highest BCUT2D eigenvalue weighted by Gasteiger charge is 2.46. The fourth-order valence-corrected chi connectivity index (χ4v) is 4.65. The number of nitrogens with zero attached hydrogens (tertiary/aromatic N) is 4. The molecule has 2 aliphatic heterocycles. The smallest absolute Gasteiger partial charge is 0.268 e. The molecule has 6 nitrogen and oxygen atoms in total. The molecule has 2 aromatic rings. The van der Waals surface area contributed by atoms with E-state index in [1.54, 1.807) is 17.0 Å². The summed E-state index contributed by atoms with van der Waals surface area (Å²) >= 11 is 0. The summed E-state index contributed by atoms with van der Waals surface area (Å²) < 4.78 is 58.7. The first kappa shape index (κ1) is 23.0. The van der Waals surface area contributed by atoms with Gasteiger partial charge in [0.05, 0.1) is 11.6 Å². The molecule has 0 saturated carbocycles. The molecule has 3 heterocycles. The zero-order valence-corrected chi connectivity index (χ0v) is 17.8. The zero-order chi connectivity index (χ0) is 23.7. The van der Waals surface area contributed by atoms with Crippen LogP contribution < -0.4 is 4.90 Å². The molecule has 4 rings (SSSR count). The second-order valence-electron chi connectivity index (χ2n) is 8.40. The molecule has 2 bridgehead atoms. The fourth-order valence-electron chi connectivity index (χ4n) is 4.65. The van der Waals surface area contributed by atoms with E-state index in [2.05, 4.69) is 16.8 Å². The van der Waals surface area contributed by atoms with Crippen LogP contribution in [0, 0.1) is 28.9 Å². The number of rotatable bonds is 6. The molecule has 0 aliphatic carbocycles. The number of carbonyl (C=O) groups is 1. The predicted molar refractivity (Wildman–Crippen MR) is 110 cm³/mol. The van der Waals surface area contributed by atoms with Crippen molar-refractivity contribution in [2.45, 2.75) is 38.0 Å². The van der Waals surface area contributed by atoms with Gasteiger partial charge in [-0.3, -0.25) is 4.79 Å². The van der Waals surface area contributed by atoms with Crippen LogP contribution in [0.15, 0.2) is 36.5 Å². The quantitative estimate of drug-likeness (QED) is 0.613. The summed E-state index contributed by atoms with van der Waals surface area (Å²) in [7, 11) is 0. The number of halogens is 4. The van der Waals surface area contributed by atoms with Crippen LogP contribution in [0.5, 0.6) is 0 Å². The summed E-state index contributed by atoms with van der Waals surface area (Å²) in [5.41, 5.74) is 0.224. The normalized spacial score (nSPS) is 23.0. The number of benzene rings is 1. The highest BCUT2D eigenvalue weighted by Crippen LogP contribution is 2.37. The monoisotopic (exact) mass is 462 g/mol. The standard InChI is InChI=1S/C23H22F4N4O2/c1-13-6-16-10-30(11-19(13)31(16)20-5-2-14(8-28)9-29-20)21(32)12-33-22(23(26)27)15-3-4-17(24)18(25)7-15/h2-5,7,9,13,16,19,22-23H,6,10-12H2,1H3/t13-,16?,19?,22?/m0/s1. The summed E-state index contributed by atoms with van der Waals surface area (Å²) in [6, 6.07) is 7.93. The fraction of sp³-hybridized carbons (Fsp3) is 0.435. The van der Waals surface area contributed by atoms with Gasteiger partial charge in [0, 0.05) is 25.3 Å². The van der Waals surface area contributed by atoms with Crippen LogP contribution in [-0.4, -0.2) is 54.0 Å². The Balaban J connectivity index is 1.42. The van der Waals surface area contributed by atoms with Crippen LogP contribution in [0.2, 0.25) is 0 Å². The molecule has 174 valence electrons. The maximum absolute atomic E-state index is 13.5.